The molecule has 20 heavy (non-hydrogen) atoms. The molecule has 1 amide bonds. The molecule has 1 aromatic rings. The molecular weight excluding hydrogens is 276 g/mol. The Balaban J connectivity index is 2.05. The molecule has 1 heterocycles. The standard InChI is InChI=1S/C12H22N6OS/c1-3-7-14-12(10(13)19)6-4-5-9(8-12)20-11-15-16-17-18(11)2/h9,14H,3-8H2,1-2H3,(H2,13,19). The molecule has 0 bridgehead atoms. The summed E-state index contributed by atoms with van der Waals surface area (Å²) in [4.78, 5) is 11.9. The number of thioether (sulfide) groups is 1. The number of rotatable bonds is 6. The molecule has 1 aliphatic rings. The third-order valence-corrected chi connectivity index (χ3v) is 5.04. The zero-order valence-electron chi connectivity index (χ0n) is 12.0. The minimum absolute atomic E-state index is 0.243. The molecule has 1 saturated carbocycles. The van der Waals surface area contributed by atoms with E-state index in [1.807, 2.05) is 7.05 Å². The quantitative estimate of drug-likeness (QED) is 0.792. The zero-order valence-corrected chi connectivity index (χ0v) is 12.8. The number of aryl methyl sites for hydroxylation is 1. The zero-order chi connectivity index (χ0) is 14.6. The molecule has 1 aromatic heterocycles. The average molecular weight is 298 g/mol. The minimum Gasteiger partial charge on any atom is -0.368 e. The molecule has 0 aromatic carbocycles. The number of primary amides is 1. The van der Waals surface area contributed by atoms with Crippen molar-refractivity contribution in [2.24, 2.45) is 12.8 Å². The van der Waals surface area contributed by atoms with Gasteiger partial charge < -0.3 is 11.1 Å². The fourth-order valence-electron chi connectivity index (χ4n) is 2.63. The van der Waals surface area contributed by atoms with Gasteiger partial charge >= 0.3 is 0 Å². The third kappa shape index (κ3) is 3.29. The van der Waals surface area contributed by atoms with E-state index in [0.717, 1.165) is 43.8 Å². The second kappa shape index (κ2) is 6.53. The van der Waals surface area contributed by atoms with Gasteiger partial charge in [0.2, 0.25) is 11.1 Å². The first kappa shape index (κ1) is 15.2. The smallest absolute Gasteiger partial charge is 0.237 e. The maximum atomic E-state index is 11.9. The van der Waals surface area contributed by atoms with Crippen LogP contribution in [-0.2, 0) is 11.8 Å². The number of nitrogens with zero attached hydrogens (tertiary/aromatic N) is 4. The van der Waals surface area contributed by atoms with E-state index in [2.05, 4.69) is 27.8 Å². The first-order chi connectivity index (χ1) is 9.57. The predicted octanol–water partition coefficient (Wildman–Crippen LogP) is 0.468. The van der Waals surface area contributed by atoms with Gasteiger partial charge in [-0.15, -0.1) is 5.10 Å². The highest BCUT2D eigenvalue weighted by molar-refractivity contribution is 7.99. The number of carbonyl (C=O) groups is 1. The van der Waals surface area contributed by atoms with Gasteiger partial charge in [-0.05, 0) is 49.1 Å². The van der Waals surface area contributed by atoms with Crippen molar-refractivity contribution >= 4 is 17.7 Å². The first-order valence-corrected chi connectivity index (χ1v) is 7.89. The maximum absolute atomic E-state index is 11.9. The van der Waals surface area contributed by atoms with Crippen molar-refractivity contribution in [1.29, 1.82) is 0 Å². The van der Waals surface area contributed by atoms with Crippen molar-refractivity contribution in [3.63, 3.8) is 0 Å². The molecule has 7 nitrogen and oxygen atoms in total. The first-order valence-electron chi connectivity index (χ1n) is 7.01. The van der Waals surface area contributed by atoms with Gasteiger partial charge in [0.1, 0.15) is 0 Å². The van der Waals surface area contributed by atoms with Gasteiger partial charge in [0.15, 0.2) is 0 Å². The topological polar surface area (TPSA) is 98.7 Å². The van der Waals surface area contributed by atoms with Crippen LogP contribution >= 0.6 is 11.8 Å². The van der Waals surface area contributed by atoms with Crippen LogP contribution in [0.4, 0.5) is 0 Å². The largest absolute Gasteiger partial charge is 0.368 e. The molecule has 1 aliphatic carbocycles. The summed E-state index contributed by atoms with van der Waals surface area (Å²) in [5.41, 5.74) is 5.08. The fourth-order valence-corrected chi connectivity index (χ4v) is 3.85. The Hall–Kier alpha value is -1.15. The summed E-state index contributed by atoms with van der Waals surface area (Å²) >= 11 is 1.63. The Morgan fingerprint density at radius 1 is 1.65 bits per heavy atom. The number of hydrogen-bond acceptors (Lipinski definition) is 6. The lowest BCUT2D eigenvalue weighted by atomic mass is 9.80. The van der Waals surface area contributed by atoms with Crippen molar-refractivity contribution in [1.82, 2.24) is 25.5 Å². The van der Waals surface area contributed by atoms with Crippen LogP contribution in [0.5, 0.6) is 0 Å². The van der Waals surface area contributed by atoms with Crippen LogP contribution in [0.2, 0.25) is 0 Å². The van der Waals surface area contributed by atoms with E-state index in [-0.39, 0.29) is 5.91 Å². The molecule has 0 saturated heterocycles. The van der Waals surface area contributed by atoms with Crippen molar-refractivity contribution in [2.75, 3.05) is 6.54 Å². The molecule has 3 N–H and O–H groups in total. The van der Waals surface area contributed by atoms with Gasteiger partial charge in [0.05, 0.1) is 5.54 Å². The number of aromatic nitrogens is 4. The highest BCUT2D eigenvalue weighted by Crippen LogP contribution is 2.37. The number of amides is 1. The van der Waals surface area contributed by atoms with Crippen molar-refractivity contribution in [3.05, 3.63) is 0 Å². The van der Waals surface area contributed by atoms with Crippen molar-refractivity contribution in [3.8, 4) is 0 Å². The lowest BCUT2D eigenvalue weighted by molar-refractivity contribution is -0.125. The second-order valence-electron chi connectivity index (χ2n) is 5.29. The molecule has 2 unspecified atom stereocenters. The highest BCUT2D eigenvalue weighted by Gasteiger charge is 2.41. The number of tetrazole rings is 1. The van der Waals surface area contributed by atoms with Crippen LogP contribution in [0, 0.1) is 0 Å². The summed E-state index contributed by atoms with van der Waals surface area (Å²) in [6.45, 7) is 2.90. The van der Waals surface area contributed by atoms with E-state index < -0.39 is 5.54 Å². The van der Waals surface area contributed by atoms with Crippen LogP contribution in [0.15, 0.2) is 5.16 Å². The summed E-state index contributed by atoms with van der Waals surface area (Å²) in [7, 11) is 1.82. The monoisotopic (exact) mass is 298 g/mol. The Kier molecular flexibility index (Phi) is 4.98. The van der Waals surface area contributed by atoms with E-state index in [9.17, 15) is 4.79 Å². The van der Waals surface area contributed by atoms with Crippen LogP contribution in [0.1, 0.15) is 39.0 Å². The van der Waals surface area contributed by atoms with E-state index in [0.29, 0.717) is 5.25 Å². The maximum Gasteiger partial charge on any atom is 0.237 e. The Bertz CT molecular complexity index is 465. The van der Waals surface area contributed by atoms with Crippen LogP contribution < -0.4 is 11.1 Å². The molecule has 112 valence electrons. The lowest BCUT2D eigenvalue weighted by Crippen LogP contribution is -2.58. The van der Waals surface area contributed by atoms with Gasteiger partial charge in [-0.3, -0.25) is 4.79 Å². The molecule has 1 fully saturated rings. The summed E-state index contributed by atoms with van der Waals surface area (Å²) in [5, 5.41) is 15.9. The summed E-state index contributed by atoms with van der Waals surface area (Å²) in [6, 6.07) is 0. The van der Waals surface area contributed by atoms with Gasteiger partial charge in [-0.1, -0.05) is 18.7 Å². The van der Waals surface area contributed by atoms with E-state index >= 15 is 0 Å². The number of carbonyl (C=O) groups excluding carboxylic acids is 1. The molecule has 8 heteroatoms. The van der Waals surface area contributed by atoms with Gasteiger partial charge in [0.25, 0.3) is 0 Å². The molecule has 2 rings (SSSR count). The third-order valence-electron chi connectivity index (χ3n) is 3.74. The SMILES string of the molecule is CCCNC1(C(N)=O)CCCC(Sc2nnnn2C)C1. The van der Waals surface area contributed by atoms with Crippen LogP contribution in [0.3, 0.4) is 0 Å². The normalized spacial score (nSPS) is 26.6. The van der Waals surface area contributed by atoms with Crippen molar-refractivity contribution in [2.45, 2.75) is 55.0 Å². The lowest BCUT2D eigenvalue weighted by Gasteiger charge is -2.38. The predicted molar refractivity (Wildman–Crippen MR) is 77.1 cm³/mol. The molecular formula is C12H22N6OS. The molecule has 0 radical (unpaired) electrons. The summed E-state index contributed by atoms with van der Waals surface area (Å²) < 4.78 is 1.66. The van der Waals surface area contributed by atoms with Gasteiger partial charge in [0, 0.05) is 12.3 Å². The molecule has 2 atom stereocenters. The van der Waals surface area contributed by atoms with Gasteiger partial charge in [-0.25, -0.2) is 4.68 Å². The molecule has 0 spiro atoms. The van der Waals surface area contributed by atoms with E-state index in [4.69, 9.17) is 5.73 Å². The average Bonchev–Trinajstić information content (AvgIpc) is 2.82. The highest BCUT2D eigenvalue weighted by atomic mass is 32.2. The molecule has 0 aliphatic heterocycles. The van der Waals surface area contributed by atoms with Crippen LogP contribution in [0.25, 0.3) is 0 Å². The Labute approximate surface area is 123 Å². The number of hydrogen-bond donors (Lipinski definition) is 2. The number of nitrogens with two attached hydrogens (primary N) is 1. The van der Waals surface area contributed by atoms with Gasteiger partial charge in [-0.2, -0.15) is 0 Å². The van der Waals surface area contributed by atoms with E-state index in [1.54, 1.807) is 16.4 Å². The Morgan fingerprint density at radius 2 is 2.45 bits per heavy atom. The summed E-state index contributed by atoms with van der Waals surface area (Å²) in [5.74, 6) is -0.243. The fraction of sp³-hybridized carbons (Fsp3) is 0.833. The summed E-state index contributed by atoms with van der Waals surface area (Å²) in [6.07, 6.45) is 4.58. The Morgan fingerprint density at radius 3 is 3.05 bits per heavy atom. The minimum atomic E-state index is -0.571. The number of nitrogens with one attached hydrogen (secondary N) is 1. The van der Waals surface area contributed by atoms with Crippen LogP contribution in [-0.4, -0.2) is 43.4 Å². The second-order valence-corrected chi connectivity index (χ2v) is 6.56. The van der Waals surface area contributed by atoms with E-state index in [1.165, 1.54) is 0 Å². The van der Waals surface area contributed by atoms with Crippen molar-refractivity contribution < 1.29 is 4.79 Å².